The first kappa shape index (κ1) is 14.1. The van der Waals surface area contributed by atoms with Crippen LogP contribution in [0.5, 0.6) is 0 Å². The molecule has 1 aromatic heterocycles. The maximum absolute atomic E-state index is 12.1. The Balaban J connectivity index is 1.49. The molecule has 4 heteroatoms. The summed E-state index contributed by atoms with van der Waals surface area (Å²) in [5, 5.41) is 4.27. The number of carbonyl (C=O) groups excluding carboxylic acids is 1. The number of fused-ring (bicyclic) bond motifs is 1. The summed E-state index contributed by atoms with van der Waals surface area (Å²) in [7, 11) is 0. The van der Waals surface area contributed by atoms with Gasteiger partial charge in [-0.2, -0.15) is 0 Å². The first-order valence-corrected chi connectivity index (χ1v) is 7.81. The summed E-state index contributed by atoms with van der Waals surface area (Å²) in [6, 6.07) is 8.30. The van der Waals surface area contributed by atoms with Crippen molar-refractivity contribution < 1.29 is 4.79 Å². The first-order chi connectivity index (χ1) is 10.2. The van der Waals surface area contributed by atoms with Gasteiger partial charge in [0.15, 0.2) is 0 Å². The number of H-pyrrole nitrogens is 1. The number of carbonyl (C=O) groups is 1. The van der Waals surface area contributed by atoms with Crippen molar-refractivity contribution in [2.45, 2.75) is 44.1 Å². The van der Waals surface area contributed by atoms with Gasteiger partial charge in [0.2, 0.25) is 5.91 Å². The minimum atomic E-state index is -0.610. The Kier molecular flexibility index (Phi) is 3.97. The Hall–Kier alpha value is -1.81. The first-order valence-electron chi connectivity index (χ1n) is 7.81. The third-order valence-electron chi connectivity index (χ3n) is 4.53. The number of rotatable bonds is 5. The second-order valence-electron chi connectivity index (χ2n) is 6.08. The van der Waals surface area contributed by atoms with Crippen LogP contribution in [-0.2, 0) is 11.2 Å². The fraction of sp³-hybridized carbons (Fsp3) is 0.471. The zero-order chi connectivity index (χ0) is 14.7. The lowest BCUT2D eigenvalue weighted by molar-refractivity contribution is -0.126. The van der Waals surface area contributed by atoms with Crippen molar-refractivity contribution in [3.8, 4) is 0 Å². The zero-order valence-electron chi connectivity index (χ0n) is 12.3. The van der Waals surface area contributed by atoms with Crippen LogP contribution in [0, 0.1) is 0 Å². The number of nitrogens with one attached hydrogen (secondary N) is 2. The number of hydrogen-bond acceptors (Lipinski definition) is 2. The monoisotopic (exact) mass is 285 g/mol. The normalized spacial score (nSPS) is 17.2. The lowest BCUT2D eigenvalue weighted by Gasteiger charge is -2.22. The van der Waals surface area contributed by atoms with Gasteiger partial charge in [0.25, 0.3) is 0 Å². The maximum Gasteiger partial charge on any atom is 0.240 e. The van der Waals surface area contributed by atoms with Crippen LogP contribution >= 0.6 is 0 Å². The molecule has 1 fully saturated rings. The van der Waals surface area contributed by atoms with Crippen molar-refractivity contribution >= 4 is 16.8 Å². The van der Waals surface area contributed by atoms with E-state index < -0.39 is 5.54 Å². The molecule has 3 rings (SSSR count). The van der Waals surface area contributed by atoms with Crippen molar-refractivity contribution in [1.82, 2.24) is 10.3 Å². The largest absolute Gasteiger partial charge is 0.361 e. The van der Waals surface area contributed by atoms with Gasteiger partial charge < -0.3 is 16.0 Å². The lowest BCUT2D eigenvalue weighted by Crippen LogP contribution is -2.52. The number of hydrogen-bond donors (Lipinski definition) is 3. The molecule has 1 heterocycles. The number of aryl methyl sites for hydroxylation is 1. The minimum absolute atomic E-state index is 0.0268. The molecule has 1 aliphatic carbocycles. The van der Waals surface area contributed by atoms with E-state index in [0.717, 1.165) is 38.5 Å². The van der Waals surface area contributed by atoms with Gasteiger partial charge >= 0.3 is 0 Å². The molecule has 0 aliphatic heterocycles. The molecule has 0 saturated heterocycles. The summed E-state index contributed by atoms with van der Waals surface area (Å²) in [5.41, 5.74) is 8.00. The third-order valence-corrected chi connectivity index (χ3v) is 4.53. The molecule has 4 nitrogen and oxygen atoms in total. The molecule has 2 aromatic rings. The van der Waals surface area contributed by atoms with Gasteiger partial charge in [-0.05, 0) is 37.3 Å². The van der Waals surface area contributed by atoms with E-state index in [9.17, 15) is 4.79 Å². The van der Waals surface area contributed by atoms with Crippen molar-refractivity contribution in [3.05, 3.63) is 36.0 Å². The van der Waals surface area contributed by atoms with E-state index in [2.05, 4.69) is 34.7 Å². The van der Waals surface area contributed by atoms with Crippen molar-refractivity contribution in [1.29, 1.82) is 0 Å². The van der Waals surface area contributed by atoms with Crippen LogP contribution < -0.4 is 11.1 Å². The predicted molar refractivity (Wildman–Crippen MR) is 85.0 cm³/mol. The molecule has 0 radical (unpaired) electrons. The average Bonchev–Trinajstić information content (AvgIpc) is 3.11. The molecule has 0 bridgehead atoms. The Morgan fingerprint density at radius 2 is 2.05 bits per heavy atom. The summed E-state index contributed by atoms with van der Waals surface area (Å²) in [5.74, 6) is 0.0268. The number of benzene rings is 1. The smallest absolute Gasteiger partial charge is 0.240 e. The van der Waals surface area contributed by atoms with Gasteiger partial charge in [0.1, 0.15) is 0 Å². The second kappa shape index (κ2) is 5.90. The minimum Gasteiger partial charge on any atom is -0.361 e. The quantitative estimate of drug-likeness (QED) is 0.739. The summed E-state index contributed by atoms with van der Waals surface area (Å²) >= 11 is 0. The molecule has 21 heavy (non-hydrogen) atoms. The van der Waals surface area contributed by atoms with E-state index in [1.54, 1.807) is 0 Å². The van der Waals surface area contributed by atoms with E-state index in [1.807, 2.05) is 6.07 Å². The van der Waals surface area contributed by atoms with E-state index in [1.165, 1.54) is 16.5 Å². The Morgan fingerprint density at radius 3 is 2.86 bits per heavy atom. The Bertz CT molecular complexity index is 626. The van der Waals surface area contributed by atoms with Crippen molar-refractivity contribution in [3.63, 3.8) is 0 Å². The van der Waals surface area contributed by atoms with E-state index in [4.69, 9.17) is 5.73 Å². The Morgan fingerprint density at radius 1 is 1.29 bits per heavy atom. The summed E-state index contributed by atoms with van der Waals surface area (Å²) in [6.07, 6.45) is 7.74. The van der Waals surface area contributed by atoms with Crippen LogP contribution in [0.3, 0.4) is 0 Å². The van der Waals surface area contributed by atoms with Crippen LogP contribution in [0.1, 0.15) is 37.7 Å². The SMILES string of the molecule is NC1(C(=O)NCCCc2c[nH]c3ccccc23)CCCC1. The molecule has 4 N–H and O–H groups in total. The number of aromatic amines is 1. The molecular formula is C17H23N3O. The highest BCUT2D eigenvalue weighted by Crippen LogP contribution is 2.27. The standard InChI is InChI=1S/C17H23N3O/c18-17(9-3-4-10-17)16(21)19-11-5-6-13-12-20-15-8-2-1-7-14(13)15/h1-2,7-8,12,20H,3-6,9-11,18H2,(H,19,21). The summed E-state index contributed by atoms with van der Waals surface area (Å²) < 4.78 is 0. The molecule has 0 atom stereocenters. The van der Waals surface area contributed by atoms with Crippen LogP contribution in [0.2, 0.25) is 0 Å². The van der Waals surface area contributed by atoms with E-state index in [0.29, 0.717) is 6.54 Å². The molecule has 0 spiro atoms. The van der Waals surface area contributed by atoms with Crippen LogP contribution in [0.15, 0.2) is 30.5 Å². The highest BCUT2D eigenvalue weighted by molar-refractivity contribution is 5.86. The molecule has 1 saturated carbocycles. The van der Waals surface area contributed by atoms with Gasteiger partial charge in [-0.1, -0.05) is 31.0 Å². The maximum atomic E-state index is 12.1. The van der Waals surface area contributed by atoms with Gasteiger partial charge in [0.05, 0.1) is 5.54 Å². The topological polar surface area (TPSA) is 70.9 Å². The van der Waals surface area contributed by atoms with Crippen molar-refractivity contribution in [2.24, 2.45) is 5.73 Å². The summed E-state index contributed by atoms with van der Waals surface area (Å²) in [4.78, 5) is 15.4. The van der Waals surface area contributed by atoms with Crippen LogP contribution in [0.25, 0.3) is 10.9 Å². The molecule has 1 amide bonds. The molecular weight excluding hydrogens is 262 g/mol. The van der Waals surface area contributed by atoms with Gasteiger partial charge in [-0.3, -0.25) is 4.79 Å². The van der Waals surface area contributed by atoms with Gasteiger partial charge in [0, 0.05) is 23.6 Å². The van der Waals surface area contributed by atoms with E-state index >= 15 is 0 Å². The number of aromatic nitrogens is 1. The molecule has 1 aliphatic rings. The predicted octanol–water partition coefficient (Wildman–Crippen LogP) is 2.49. The molecule has 112 valence electrons. The highest BCUT2D eigenvalue weighted by Gasteiger charge is 2.36. The lowest BCUT2D eigenvalue weighted by atomic mass is 9.98. The van der Waals surface area contributed by atoms with Crippen LogP contribution in [0.4, 0.5) is 0 Å². The summed E-state index contributed by atoms with van der Waals surface area (Å²) in [6.45, 7) is 0.692. The van der Waals surface area contributed by atoms with Gasteiger partial charge in [-0.25, -0.2) is 0 Å². The molecule has 1 aromatic carbocycles. The third kappa shape index (κ3) is 2.95. The number of amides is 1. The zero-order valence-corrected chi connectivity index (χ0v) is 12.3. The fourth-order valence-corrected chi connectivity index (χ4v) is 3.23. The Labute approximate surface area is 125 Å². The molecule has 0 unspecified atom stereocenters. The second-order valence-corrected chi connectivity index (χ2v) is 6.08. The van der Waals surface area contributed by atoms with Crippen LogP contribution in [-0.4, -0.2) is 23.0 Å². The average molecular weight is 285 g/mol. The highest BCUT2D eigenvalue weighted by atomic mass is 16.2. The number of nitrogens with two attached hydrogens (primary N) is 1. The van der Waals surface area contributed by atoms with E-state index in [-0.39, 0.29) is 5.91 Å². The fourth-order valence-electron chi connectivity index (χ4n) is 3.23. The number of para-hydroxylation sites is 1. The van der Waals surface area contributed by atoms with Gasteiger partial charge in [-0.15, -0.1) is 0 Å². The van der Waals surface area contributed by atoms with Crippen molar-refractivity contribution in [2.75, 3.05) is 6.54 Å².